The third kappa shape index (κ3) is 4.29. The Morgan fingerprint density at radius 3 is 2.38 bits per heavy atom. The van der Waals surface area contributed by atoms with E-state index in [0.29, 0.717) is 0 Å². The van der Waals surface area contributed by atoms with Gasteiger partial charge in [-0.15, -0.1) is 0 Å². The zero-order chi connectivity index (χ0) is 12.0. The molecular formula is C11H16N2O3. The maximum Gasteiger partial charge on any atom is 0.221 e. The van der Waals surface area contributed by atoms with E-state index in [9.17, 15) is 4.79 Å². The highest BCUT2D eigenvalue weighted by molar-refractivity contribution is 5.88. The molecule has 0 aliphatic carbocycles. The first-order valence-corrected chi connectivity index (χ1v) is 5.02. The average Bonchev–Trinajstić information content (AvgIpc) is 2.27. The molecule has 0 heterocycles. The van der Waals surface area contributed by atoms with Crippen molar-refractivity contribution in [2.24, 2.45) is 0 Å². The van der Waals surface area contributed by atoms with Gasteiger partial charge in [0, 0.05) is 24.8 Å². The minimum atomic E-state index is -0.768. The number of amides is 1. The summed E-state index contributed by atoms with van der Waals surface area (Å²) in [6.07, 6.45) is -0.768. The van der Waals surface area contributed by atoms with E-state index in [1.54, 1.807) is 24.3 Å². The van der Waals surface area contributed by atoms with Crippen LogP contribution in [0.4, 0.5) is 11.4 Å². The Morgan fingerprint density at radius 2 is 1.88 bits per heavy atom. The molecule has 0 aromatic heterocycles. The van der Waals surface area contributed by atoms with Crippen molar-refractivity contribution in [2.75, 3.05) is 23.8 Å². The smallest absolute Gasteiger partial charge is 0.221 e. The molecule has 0 aliphatic heterocycles. The molecule has 1 atom stereocenters. The number of nitrogens with one attached hydrogen (secondary N) is 2. The molecule has 0 bridgehead atoms. The molecular weight excluding hydrogens is 208 g/mol. The van der Waals surface area contributed by atoms with E-state index < -0.39 is 6.10 Å². The number of rotatable bonds is 5. The highest BCUT2D eigenvalue weighted by atomic mass is 16.3. The van der Waals surface area contributed by atoms with Crippen molar-refractivity contribution in [3.63, 3.8) is 0 Å². The molecule has 5 heteroatoms. The van der Waals surface area contributed by atoms with Crippen LogP contribution in [0.2, 0.25) is 0 Å². The van der Waals surface area contributed by atoms with Crippen molar-refractivity contribution in [1.82, 2.24) is 0 Å². The normalized spacial score (nSPS) is 11.9. The summed E-state index contributed by atoms with van der Waals surface area (Å²) in [5.74, 6) is -0.114. The standard InChI is InChI=1S/C11H16N2O3/c1-8(15)13-10-4-2-9(3-5-10)12-6-11(16)7-14/h2-5,11-12,14,16H,6-7H2,1H3,(H,13,15). The van der Waals surface area contributed by atoms with Crippen LogP contribution in [0, 0.1) is 0 Å². The summed E-state index contributed by atoms with van der Waals surface area (Å²) >= 11 is 0. The van der Waals surface area contributed by atoms with E-state index in [1.807, 2.05) is 0 Å². The SMILES string of the molecule is CC(=O)Nc1ccc(NCC(O)CO)cc1. The van der Waals surface area contributed by atoms with Gasteiger partial charge in [0.2, 0.25) is 5.91 Å². The van der Waals surface area contributed by atoms with Gasteiger partial charge in [0.1, 0.15) is 0 Å². The first-order chi connectivity index (χ1) is 7.61. The highest BCUT2D eigenvalue weighted by Crippen LogP contribution is 2.13. The van der Waals surface area contributed by atoms with Crippen LogP contribution < -0.4 is 10.6 Å². The minimum Gasteiger partial charge on any atom is -0.394 e. The summed E-state index contributed by atoms with van der Waals surface area (Å²) in [7, 11) is 0. The van der Waals surface area contributed by atoms with Gasteiger partial charge in [-0.05, 0) is 24.3 Å². The molecule has 88 valence electrons. The Balaban J connectivity index is 2.48. The number of aliphatic hydroxyl groups is 2. The molecule has 5 nitrogen and oxygen atoms in total. The van der Waals surface area contributed by atoms with Gasteiger partial charge >= 0.3 is 0 Å². The van der Waals surface area contributed by atoms with Gasteiger partial charge in [-0.25, -0.2) is 0 Å². The molecule has 0 radical (unpaired) electrons. The highest BCUT2D eigenvalue weighted by Gasteiger charge is 2.01. The van der Waals surface area contributed by atoms with Crippen molar-refractivity contribution >= 4 is 17.3 Å². The molecule has 0 saturated heterocycles. The van der Waals surface area contributed by atoms with Crippen LogP contribution in [0.25, 0.3) is 0 Å². The van der Waals surface area contributed by atoms with Crippen molar-refractivity contribution in [3.05, 3.63) is 24.3 Å². The lowest BCUT2D eigenvalue weighted by atomic mass is 10.2. The second kappa shape index (κ2) is 6.09. The number of carbonyl (C=O) groups is 1. The van der Waals surface area contributed by atoms with Gasteiger partial charge < -0.3 is 20.8 Å². The van der Waals surface area contributed by atoms with Crippen LogP contribution in [0.5, 0.6) is 0 Å². The van der Waals surface area contributed by atoms with Gasteiger partial charge in [0.05, 0.1) is 12.7 Å². The Bertz CT molecular complexity index is 338. The van der Waals surface area contributed by atoms with E-state index in [-0.39, 0.29) is 19.1 Å². The molecule has 1 aromatic carbocycles. The van der Waals surface area contributed by atoms with E-state index in [0.717, 1.165) is 11.4 Å². The molecule has 0 spiro atoms. The fourth-order valence-corrected chi connectivity index (χ4v) is 1.17. The fourth-order valence-electron chi connectivity index (χ4n) is 1.17. The number of hydrogen-bond donors (Lipinski definition) is 4. The number of carbonyl (C=O) groups excluding carboxylic acids is 1. The molecule has 1 unspecified atom stereocenters. The van der Waals surface area contributed by atoms with Crippen molar-refractivity contribution in [1.29, 1.82) is 0 Å². The minimum absolute atomic E-state index is 0.114. The lowest BCUT2D eigenvalue weighted by Gasteiger charge is -2.10. The van der Waals surface area contributed by atoms with E-state index >= 15 is 0 Å². The first-order valence-electron chi connectivity index (χ1n) is 5.02. The van der Waals surface area contributed by atoms with E-state index in [1.165, 1.54) is 6.92 Å². The van der Waals surface area contributed by atoms with Gasteiger partial charge in [0.15, 0.2) is 0 Å². The third-order valence-electron chi connectivity index (χ3n) is 1.96. The number of benzene rings is 1. The predicted octanol–water partition coefficient (Wildman–Crippen LogP) is 0.410. The summed E-state index contributed by atoms with van der Waals surface area (Å²) in [6.45, 7) is 1.47. The predicted molar refractivity (Wildman–Crippen MR) is 62.3 cm³/mol. The van der Waals surface area contributed by atoms with E-state index in [2.05, 4.69) is 10.6 Å². The molecule has 1 aromatic rings. The maximum absolute atomic E-state index is 10.8. The second-order valence-corrected chi connectivity index (χ2v) is 3.48. The summed E-state index contributed by atoms with van der Waals surface area (Å²) in [6, 6.07) is 7.09. The third-order valence-corrected chi connectivity index (χ3v) is 1.96. The summed E-state index contributed by atoms with van der Waals surface area (Å²) in [5.41, 5.74) is 1.54. The number of aliphatic hydroxyl groups excluding tert-OH is 2. The second-order valence-electron chi connectivity index (χ2n) is 3.48. The van der Waals surface area contributed by atoms with E-state index in [4.69, 9.17) is 10.2 Å². The Labute approximate surface area is 94.1 Å². The largest absolute Gasteiger partial charge is 0.394 e. The lowest BCUT2D eigenvalue weighted by molar-refractivity contribution is -0.114. The molecule has 4 N–H and O–H groups in total. The van der Waals surface area contributed by atoms with Crippen LogP contribution in [0.3, 0.4) is 0 Å². The maximum atomic E-state index is 10.8. The van der Waals surface area contributed by atoms with Gasteiger partial charge in [0.25, 0.3) is 0 Å². The van der Waals surface area contributed by atoms with Crippen LogP contribution in [0.15, 0.2) is 24.3 Å². The van der Waals surface area contributed by atoms with Crippen LogP contribution in [-0.2, 0) is 4.79 Å². The van der Waals surface area contributed by atoms with Gasteiger partial charge in [-0.3, -0.25) is 4.79 Å². The summed E-state index contributed by atoms with van der Waals surface area (Å²) < 4.78 is 0. The van der Waals surface area contributed by atoms with Crippen molar-refractivity contribution in [2.45, 2.75) is 13.0 Å². The number of anilines is 2. The van der Waals surface area contributed by atoms with Crippen LogP contribution >= 0.6 is 0 Å². The fraction of sp³-hybridized carbons (Fsp3) is 0.364. The summed E-state index contributed by atoms with van der Waals surface area (Å²) in [4.78, 5) is 10.8. The van der Waals surface area contributed by atoms with Crippen LogP contribution in [-0.4, -0.2) is 35.4 Å². The quantitative estimate of drug-likeness (QED) is 0.584. The first kappa shape index (κ1) is 12.5. The molecule has 0 fully saturated rings. The van der Waals surface area contributed by atoms with Crippen molar-refractivity contribution < 1.29 is 15.0 Å². The lowest BCUT2D eigenvalue weighted by Crippen LogP contribution is -2.22. The average molecular weight is 224 g/mol. The molecule has 1 rings (SSSR count). The number of hydrogen-bond acceptors (Lipinski definition) is 4. The monoisotopic (exact) mass is 224 g/mol. The Kier molecular flexibility index (Phi) is 4.75. The van der Waals surface area contributed by atoms with Crippen LogP contribution in [0.1, 0.15) is 6.92 Å². The molecule has 1 amide bonds. The zero-order valence-corrected chi connectivity index (χ0v) is 9.10. The van der Waals surface area contributed by atoms with Gasteiger partial charge in [-0.2, -0.15) is 0 Å². The molecule has 0 aliphatic rings. The van der Waals surface area contributed by atoms with Gasteiger partial charge in [-0.1, -0.05) is 0 Å². The van der Waals surface area contributed by atoms with Crippen molar-refractivity contribution in [3.8, 4) is 0 Å². The summed E-state index contributed by atoms with van der Waals surface area (Å²) in [5, 5.41) is 23.3. The zero-order valence-electron chi connectivity index (χ0n) is 9.10. The molecule has 16 heavy (non-hydrogen) atoms. The Hall–Kier alpha value is -1.59. The molecule has 0 saturated carbocycles. The Morgan fingerprint density at radius 1 is 1.31 bits per heavy atom. The topological polar surface area (TPSA) is 81.6 Å².